The normalized spacial score (nSPS) is 10.3. The number of anilines is 1. The number of carboxylic acid groups (broad SMARTS) is 1. The molecule has 2 N–H and O–H groups in total. The van der Waals surface area contributed by atoms with Gasteiger partial charge in [-0.2, -0.15) is 5.10 Å². The average Bonchev–Trinajstić information content (AvgIpc) is 2.90. The molecule has 0 spiro atoms. The van der Waals surface area contributed by atoms with E-state index in [2.05, 4.69) is 10.4 Å². The molecule has 0 unspecified atom stereocenters. The number of aryl methyl sites for hydroxylation is 2. The molecule has 0 fully saturated rings. The van der Waals surface area contributed by atoms with E-state index in [-0.39, 0.29) is 17.2 Å². The first kappa shape index (κ1) is 15.6. The van der Waals surface area contributed by atoms with Gasteiger partial charge in [-0.05, 0) is 24.1 Å². The zero-order valence-corrected chi connectivity index (χ0v) is 12.4. The van der Waals surface area contributed by atoms with Gasteiger partial charge >= 0.3 is 5.97 Å². The minimum atomic E-state index is -1.08. The van der Waals surface area contributed by atoms with Gasteiger partial charge in [0.15, 0.2) is 0 Å². The number of carboxylic acids is 1. The third kappa shape index (κ3) is 3.85. The Morgan fingerprint density at radius 1 is 1.41 bits per heavy atom. The molecule has 116 valence electrons. The van der Waals surface area contributed by atoms with E-state index in [9.17, 15) is 9.59 Å². The van der Waals surface area contributed by atoms with E-state index in [1.807, 2.05) is 13.2 Å². The molecule has 0 aliphatic carbocycles. The van der Waals surface area contributed by atoms with Gasteiger partial charge in [0.05, 0.1) is 13.3 Å². The molecule has 0 saturated carbocycles. The van der Waals surface area contributed by atoms with Gasteiger partial charge in [0.25, 0.3) is 0 Å². The van der Waals surface area contributed by atoms with Crippen molar-refractivity contribution in [3.8, 4) is 5.75 Å². The molecule has 0 atom stereocenters. The minimum absolute atomic E-state index is 0.0517. The largest absolute Gasteiger partial charge is 0.496 e. The smallest absolute Gasteiger partial charge is 0.339 e. The summed E-state index contributed by atoms with van der Waals surface area (Å²) in [6, 6.07) is 4.43. The van der Waals surface area contributed by atoms with Crippen LogP contribution >= 0.6 is 0 Å². The van der Waals surface area contributed by atoms with Crippen molar-refractivity contribution in [3.05, 3.63) is 41.7 Å². The second-order valence-corrected chi connectivity index (χ2v) is 4.79. The minimum Gasteiger partial charge on any atom is -0.496 e. The lowest BCUT2D eigenvalue weighted by molar-refractivity contribution is -0.116. The SMILES string of the molecule is COc1cc(NC(=O)CCc2cnn(C)c2)ccc1C(=O)O. The summed E-state index contributed by atoms with van der Waals surface area (Å²) in [7, 11) is 3.20. The summed E-state index contributed by atoms with van der Waals surface area (Å²) in [5.41, 5.74) is 1.53. The van der Waals surface area contributed by atoms with Crippen LogP contribution in [-0.2, 0) is 18.3 Å². The average molecular weight is 303 g/mol. The van der Waals surface area contributed by atoms with Crippen molar-refractivity contribution in [2.75, 3.05) is 12.4 Å². The predicted octanol–water partition coefficient (Wildman–Crippen LogP) is 1.70. The van der Waals surface area contributed by atoms with E-state index in [1.165, 1.54) is 25.3 Å². The van der Waals surface area contributed by atoms with Crippen molar-refractivity contribution >= 4 is 17.6 Å². The third-order valence-corrected chi connectivity index (χ3v) is 3.11. The molecule has 1 aromatic carbocycles. The lowest BCUT2D eigenvalue weighted by atomic mass is 10.1. The monoisotopic (exact) mass is 303 g/mol. The standard InChI is InChI=1S/C15H17N3O4/c1-18-9-10(8-16-18)3-6-14(19)17-11-4-5-12(15(20)21)13(7-11)22-2/h4-5,7-9H,3,6H2,1-2H3,(H,17,19)(H,20,21). The summed E-state index contributed by atoms with van der Waals surface area (Å²) < 4.78 is 6.70. The molecule has 7 heteroatoms. The highest BCUT2D eigenvalue weighted by atomic mass is 16.5. The van der Waals surface area contributed by atoms with E-state index < -0.39 is 5.97 Å². The van der Waals surface area contributed by atoms with Crippen molar-refractivity contribution in [2.24, 2.45) is 7.05 Å². The van der Waals surface area contributed by atoms with Crippen molar-refractivity contribution in [1.29, 1.82) is 0 Å². The molecule has 2 aromatic rings. The number of nitrogens with one attached hydrogen (secondary N) is 1. The van der Waals surface area contributed by atoms with Crippen LogP contribution in [0.25, 0.3) is 0 Å². The summed E-state index contributed by atoms with van der Waals surface area (Å²) >= 11 is 0. The Labute approximate surface area is 127 Å². The molecule has 1 aromatic heterocycles. The van der Waals surface area contributed by atoms with Gasteiger partial charge < -0.3 is 15.2 Å². The second kappa shape index (κ2) is 6.75. The Kier molecular flexibility index (Phi) is 4.77. The first-order chi connectivity index (χ1) is 10.5. The number of aromatic carboxylic acids is 1. The maximum Gasteiger partial charge on any atom is 0.339 e. The summed E-state index contributed by atoms with van der Waals surface area (Å²) in [6.45, 7) is 0. The summed E-state index contributed by atoms with van der Waals surface area (Å²) in [5.74, 6) is -1.03. The Balaban J connectivity index is 1.97. The molecule has 1 heterocycles. The van der Waals surface area contributed by atoms with Crippen LogP contribution in [0.5, 0.6) is 5.75 Å². The maximum absolute atomic E-state index is 11.9. The quantitative estimate of drug-likeness (QED) is 0.847. The molecular weight excluding hydrogens is 286 g/mol. The number of aromatic nitrogens is 2. The molecule has 1 amide bonds. The van der Waals surface area contributed by atoms with Crippen LogP contribution in [0.3, 0.4) is 0 Å². The topological polar surface area (TPSA) is 93.5 Å². The molecule has 22 heavy (non-hydrogen) atoms. The molecule has 0 radical (unpaired) electrons. The third-order valence-electron chi connectivity index (χ3n) is 3.11. The number of amides is 1. The van der Waals surface area contributed by atoms with Crippen LogP contribution in [0.4, 0.5) is 5.69 Å². The van der Waals surface area contributed by atoms with Crippen LogP contribution < -0.4 is 10.1 Å². The van der Waals surface area contributed by atoms with Crippen LogP contribution in [0.2, 0.25) is 0 Å². The van der Waals surface area contributed by atoms with Crippen LogP contribution in [0.1, 0.15) is 22.3 Å². The molecule has 2 rings (SSSR count). The number of carbonyl (C=O) groups excluding carboxylic acids is 1. The number of ether oxygens (including phenoxy) is 1. The van der Waals surface area contributed by atoms with Gasteiger partial charge in [0, 0.05) is 31.4 Å². The first-order valence-electron chi connectivity index (χ1n) is 6.68. The van der Waals surface area contributed by atoms with E-state index in [0.717, 1.165) is 5.56 Å². The number of rotatable bonds is 6. The van der Waals surface area contributed by atoms with Crippen molar-refractivity contribution in [1.82, 2.24) is 9.78 Å². The van der Waals surface area contributed by atoms with E-state index >= 15 is 0 Å². The van der Waals surface area contributed by atoms with Crippen molar-refractivity contribution in [2.45, 2.75) is 12.8 Å². The lowest BCUT2D eigenvalue weighted by Gasteiger charge is -2.09. The van der Waals surface area contributed by atoms with E-state index in [4.69, 9.17) is 9.84 Å². The molecule has 7 nitrogen and oxygen atoms in total. The van der Waals surface area contributed by atoms with Crippen molar-refractivity contribution in [3.63, 3.8) is 0 Å². The van der Waals surface area contributed by atoms with Gasteiger partial charge in [-0.25, -0.2) is 4.79 Å². The number of carbonyl (C=O) groups is 2. The Hall–Kier alpha value is -2.83. The zero-order valence-electron chi connectivity index (χ0n) is 12.4. The second-order valence-electron chi connectivity index (χ2n) is 4.79. The zero-order chi connectivity index (χ0) is 16.1. The molecule has 0 aliphatic rings. The Morgan fingerprint density at radius 3 is 2.77 bits per heavy atom. The van der Waals surface area contributed by atoms with Crippen LogP contribution in [0, 0.1) is 0 Å². The number of nitrogens with zero attached hydrogens (tertiary/aromatic N) is 2. The maximum atomic E-state index is 11.9. The van der Waals surface area contributed by atoms with Crippen LogP contribution in [-0.4, -0.2) is 33.9 Å². The van der Waals surface area contributed by atoms with Gasteiger partial charge in [0.2, 0.25) is 5.91 Å². The lowest BCUT2D eigenvalue weighted by Crippen LogP contribution is -2.12. The predicted molar refractivity (Wildman–Crippen MR) is 80.1 cm³/mol. The Morgan fingerprint density at radius 2 is 2.18 bits per heavy atom. The van der Waals surface area contributed by atoms with E-state index in [1.54, 1.807) is 10.9 Å². The highest BCUT2D eigenvalue weighted by Crippen LogP contribution is 2.23. The van der Waals surface area contributed by atoms with Gasteiger partial charge in [-0.1, -0.05) is 0 Å². The van der Waals surface area contributed by atoms with Crippen molar-refractivity contribution < 1.29 is 19.4 Å². The molecular formula is C15H17N3O4. The highest BCUT2D eigenvalue weighted by Gasteiger charge is 2.12. The summed E-state index contributed by atoms with van der Waals surface area (Å²) in [6.07, 6.45) is 4.48. The van der Waals surface area contributed by atoms with Gasteiger partial charge in [-0.15, -0.1) is 0 Å². The molecule has 0 saturated heterocycles. The molecule has 0 bridgehead atoms. The van der Waals surface area contributed by atoms with Gasteiger partial charge in [-0.3, -0.25) is 9.48 Å². The fraction of sp³-hybridized carbons (Fsp3) is 0.267. The number of methoxy groups -OCH3 is 1. The Bertz CT molecular complexity index is 694. The highest BCUT2D eigenvalue weighted by molar-refractivity contribution is 5.94. The van der Waals surface area contributed by atoms with Gasteiger partial charge in [0.1, 0.15) is 11.3 Å². The van der Waals surface area contributed by atoms with E-state index in [0.29, 0.717) is 18.5 Å². The van der Waals surface area contributed by atoms with Crippen LogP contribution in [0.15, 0.2) is 30.6 Å². The number of hydrogen-bond acceptors (Lipinski definition) is 4. The summed E-state index contributed by atoms with van der Waals surface area (Å²) in [5, 5.41) is 15.8. The fourth-order valence-corrected chi connectivity index (χ4v) is 2.03. The molecule has 0 aliphatic heterocycles. The fourth-order valence-electron chi connectivity index (χ4n) is 2.03. The number of hydrogen-bond donors (Lipinski definition) is 2. The first-order valence-corrected chi connectivity index (χ1v) is 6.68. The summed E-state index contributed by atoms with van der Waals surface area (Å²) in [4.78, 5) is 22.9. The number of benzene rings is 1.